The van der Waals surface area contributed by atoms with Crippen LogP contribution in [0.3, 0.4) is 0 Å². The maximum Gasteiger partial charge on any atom is 0.226 e. The molecule has 10 heteroatoms. The van der Waals surface area contributed by atoms with Crippen molar-refractivity contribution < 1.29 is 14.1 Å². The van der Waals surface area contributed by atoms with Crippen molar-refractivity contribution in [3.8, 4) is 0 Å². The van der Waals surface area contributed by atoms with Crippen LogP contribution < -0.4 is 5.73 Å². The normalized spacial score (nSPS) is 16.2. The highest BCUT2D eigenvalue weighted by molar-refractivity contribution is 5.85. The molecule has 1 aromatic heterocycles. The van der Waals surface area contributed by atoms with E-state index in [2.05, 4.69) is 15.0 Å². The third-order valence-corrected chi connectivity index (χ3v) is 3.90. The van der Waals surface area contributed by atoms with Crippen molar-refractivity contribution in [1.82, 2.24) is 19.9 Å². The molecule has 1 aromatic rings. The van der Waals surface area contributed by atoms with E-state index in [1.807, 2.05) is 11.8 Å². The first-order valence-electron chi connectivity index (χ1n) is 7.70. The summed E-state index contributed by atoms with van der Waals surface area (Å²) in [5.41, 5.74) is 5.56. The second-order valence-electron chi connectivity index (χ2n) is 5.41. The molecule has 0 spiro atoms. The topological polar surface area (TPSA) is 97.7 Å². The number of hydrogen-bond acceptors (Lipinski definition) is 7. The highest BCUT2D eigenvalue weighted by Gasteiger charge is 2.24. The number of methoxy groups -OCH3 is 1. The first-order valence-corrected chi connectivity index (χ1v) is 7.70. The number of hydrogen-bond donors (Lipinski definition) is 1. The zero-order chi connectivity index (χ0) is 15.9. The number of aryl methyl sites for hydroxylation is 1. The van der Waals surface area contributed by atoms with Crippen molar-refractivity contribution in [2.45, 2.75) is 32.4 Å². The number of aromatic nitrogens is 2. The predicted molar refractivity (Wildman–Crippen MR) is 94.5 cm³/mol. The van der Waals surface area contributed by atoms with E-state index in [9.17, 15) is 4.79 Å². The van der Waals surface area contributed by atoms with E-state index in [1.54, 1.807) is 7.11 Å². The minimum absolute atomic E-state index is 0. The lowest BCUT2D eigenvalue weighted by Gasteiger charge is -2.34. The Hall–Kier alpha value is -0.930. The summed E-state index contributed by atoms with van der Waals surface area (Å²) in [6, 6.07) is 0. The van der Waals surface area contributed by atoms with E-state index < -0.39 is 0 Å². The minimum Gasteiger partial charge on any atom is -0.380 e. The molecule has 2 heterocycles. The summed E-state index contributed by atoms with van der Waals surface area (Å²) in [6.07, 6.45) is 0.895. The van der Waals surface area contributed by atoms with Crippen LogP contribution in [0.25, 0.3) is 0 Å². The summed E-state index contributed by atoms with van der Waals surface area (Å²) in [4.78, 5) is 20.6. The summed E-state index contributed by atoms with van der Waals surface area (Å²) in [7, 11) is 1.58. The third-order valence-electron chi connectivity index (χ3n) is 3.90. The van der Waals surface area contributed by atoms with Crippen LogP contribution in [-0.4, -0.2) is 71.8 Å². The Kier molecular flexibility index (Phi) is 11.1. The Morgan fingerprint density at radius 3 is 2.50 bits per heavy atom. The van der Waals surface area contributed by atoms with Crippen molar-refractivity contribution in [3.05, 3.63) is 11.7 Å². The average Bonchev–Trinajstić information content (AvgIpc) is 3.00. The lowest BCUT2D eigenvalue weighted by atomic mass is 10.2. The Morgan fingerprint density at radius 2 is 2.00 bits per heavy atom. The number of halogens is 2. The average molecular weight is 384 g/mol. The molecule has 2 N–H and O–H groups in total. The number of ether oxygens (including phenoxy) is 1. The largest absolute Gasteiger partial charge is 0.380 e. The molecule has 0 saturated carbocycles. The summed E-state index contributed by atoms with van der Waals surface area (Å²) in [6.45, 7) is 6.03. The van der Waals surface area contributed by atoms with Gasteiger partial charge in [-0.3, -0.25) is 9.69 Å². The van der Waals surface area contributed by atoms with Crippen molar-refractivity contribution in [3.63, 3.8) is 0 Å². The van der Waals surface area contributed by atoms with Gasteiger partial charge in [0.1, 0.15) is 0 Å². The van der Waals surface area contributed by atoms with E-state index in [0.717, 1.165) is 19.5 Å². The summed E-state index contributed by atoms with van der Waals surface area (Å²) < 4.78 is 10.3. The molecule has 1 amide bonds. The van der Waals surface area contributed by atoms with Crippen LogP contribution in [0.4, 0.5) is 0 Å². The Bertz CT molecular complexity index is 477. The maximum atomic E-state index is 12.2. The van der Waals surface area contributed by atoms with Gasteiger partial charge in [0, 0.05) is 46.3 Å². The molecule has 1 aliphatic heterocycles. The third kappa shape index (κ3) is 6.52. The van der Waals surface area contributed by atoms with Crippen LogP contribution in [0.1, 0.15) is 25.1 Å². The fraction of sp³-hybridized carbons (Fsp3) is 0.786. The van der Waals surface area contributed by atoms with Crippen molar-refractivity contribution in [2.75, 3.05) is 39.8 Å². The highest BCUT2D eigenvalue weighted by atomic mass is 35.5. The number of amides is 1. The van der Waals surface area contributed by atoms with E-state index in [0.29, 0.717) is 44.3 Å². The molecule has 0 bridgehead atoms. The number of nitrogens with zero attached hydrogens (tertiary/aromatic N) is 4. The Morgan fingerprint density at radius 1 is 1.33 bits per heavy atom. The van der Waals surface area contributed by atoms with Crippen LogP contribution in [0.15, 0.2) is 4.52 Å². The zero-order valence-electron chi connectivity index (χ0n) is 14.1. The Balaban J connectivity index is 0.00000264. The lowest BCUT2D eigenvalue weighted by molar-refractivity contribution is -0.135. The van der Waals surface area contributed by atoms with Crippen LogP contribution in [-0.2, 0) is 22.5 Å². The lowest BCUT2D eigenvalue weighted by Crippen LogP contribution is -2.49. The minimum atomic E-state index is -0.197. The highest BCUT2D eigenvalue weighted by Crippen LogP contribution is 2.09. The molecule has 24 heavy (non-hydrogen) atoms. The smallest absolute Gasteiger partial charge is 0.226 e. The van der Waals surface area contributed by atoms with E-state index in [4.69, 9.17) is 15.0 Å². The fourth-order valence-electron chi connectivity index (χ4n) is 2.44. The second-order valence-corrected chi connectivity index (χ2v) is 5.41. The Labute approximate surface area is 154 Å². The van der Waals surface area contributed by atoms with Crippen LogP contribution in [0.5, 0.6) is 0 Å². The first-order chi connectivity index (χ1) is 10.7. The number of carbonyl (C=O) groups is 1. The SMILES string of the molecule is CCc1nc(CN2CCN(C(=O)CC(CN)OC)CC2)no1.Cl.Cl. The maximum absolute atomic E-state index is 12.2. The van der Waals surface area contributed by atoms with Gasteiger partial charge in [-0.15, -0.1) is 24.8 Å². The number of carbonyl (C=O) groups excluding carboxylic acids is 1. The van der Waals surface area contributed by atoms with Gasteiger partial charge in [-0.05, 0) is 0 Å². The molecule has 1 atom stereocenters. The fourth-order valence-corrected chi connectivity index (χ4v) is 2.44. The first kappa shape index (κ1) is 23.1. The molecule has 1 unspecified atom stereocenters. The molecule has 1 fully saturated rings. The summed E-state index contributed by atoms with van der Waals surface area (Å²) in [5, 5.41) is 3.96. The zero-order valence-corrected chi connectivity index (χ0v) is 15.8. The summed E-state index contributed by atoms with van der Waals surface area (Å²) >= 11 is 0. The quantitative estimate of drug-likeness (QED) is 0.730. The van der Waals surface area contributed by atoms with Gasteiger partial charge in [-0.1, -0.05) is 12.1 Å². The van der Waals surface area contributed by atoms with Gasteiger partial charge in [0.05, 0.1) is 19.1 Å². The van der Waals surface area contributed by atoms with Gasteiger partial charge < -0.3 is 19.9 Å². The van der Waals surface area contributed by atoms with Gasteiger partial charge in [0.25, 0.3) is 0 Å². The molecule has 0 aliphatic carbocycles. The van der Waals surface area contributed by atoms with Gasteiger partial charge in [0.15, 0.2) is 5.82 Å². The van der Waals surface area contributed by atoms with E-state index in [-0.39, 0.29) is 36.8 Å². The molecular weight excluding hydrogens is 357 g/mol. The molecule has 2 rings (SSSR count). The van der Waals surface area contributed by atoms with Gasteiger partial charge in [-0.25, -0.2) is 0 Å². The van der Waals surface area contributed by atoms with Crippen molar-refractivity contribution in [2.24, 2.45) is 5.73 Å². The number of piperazine rings is 1. The van der Waals surface area contributed by atoms with Crippen molar-refractivity contribution >= 4 is 30.7 Å². The number of rotatable bonds is 7. The second kappa shape index (κ2) is 11.6. The standard InChI is InChI=1S/C14H25N5O3.2ClH/c1-3-13-16-12(17-22-13)10-18-4-6-19(7-5-18)14(20)8-11(9-15)21-2;;/h11H,3-10,15H2,1-2H3;2*1H. The van der Waals surface area contributed by atoms with Crippen LogP contribution >= 0.6 is 24.8 Å². The molecule has 8 nitrogen and oxygen atoms in total. The molecular formula is C14H27Cl2N5O3. The molecule has 0 aromatic carbocycles. The monoisotopic (exact) mass is 383 g/mol. The van der Waals surface area contributed by atoms with Crippen LogP contribution in [0.2, 0.25) is 0 Å². The van der Waals surface area contributed by atoms with E-state index >= 15 is 0 Å². The predicted octanol–water partition coefficient (Wildman–Crippen LogP) is 0.484. The van der Waals surface area contributed by atoms with Crippen molar-refractivity contribution in [1.29, 1.82) is 0 Å². The molecule has 1 aliphatic rings. The van der Waals surface area contributed by atoms with E-state index in [1.165, 1.54) is 0 Å². The van der Waals surface area contributed by atoms with Gasteiger partial charge >= 0.3 is 0 Å². The van der Waals surface area contributed by atoms with Crippen LogP contribution in [0, 0.1) is 0 Å². The summed E-state index contributed by atoms with van der Waals surface area (Å²) in [5.74, 6) is 1.47. The number of nitrogens with two attached hydrogens (primary N) is 1. The molecule has 0 radical (unpaired) electrons. The van der Waals surface area contributed by atoms with Gasteiger partial charge in [0.2, 0.25) is 11.8 Å². The molecule has 1 saturated heterocycles. The van der Waals surface area contributed by atoms with Gasteiger partial charge in [-0.2, -0.15) is 4.98 Å². The molecule has 140 valence electrons.